The molecule has 1 amide bonds. The number of rotatable bonds is 6. The van der Waals surface area contributed by atoms with Gasteiger partial charge in [-0.1, -0.05) is 19.9 Å². The second-order valence-corrected chi connectivity index (χ2v) is 9.31. The normalized spacial score (nSPS) is 22.6. The lowest BCUT2D eigenvalue weighted by molar-refractivity contribution is -0.131. The number of piperidine rings is 1. The zero-order chi connectivity index (χ0) is 21.1. The predicted octanol–water partition coefficient (Wildman–Crippen LogP) is 4.18. The fourth-order valence-corrected chi connectivity index (χ4v) is 5.18. The van der Waals surface area contributed by atoms with Crippen LogP contribution in [0.15, 0.2) is 48.8 Å². The Labute approximate surface area is 180 Å². The van der Waals surface area contributed by atoms with Crippen LogP contribution in [-0.4, -0.2) is 48.1 Å². The van der Waals surface area contributed by atoms with Crippen molar-refractivity contribution in [3.63, 3.8) is 0 Å². The third-order valence-electron chi connectivity index (χ3n) is 6.60. The monoisotopic (exact) mass is 407 g/mol. The van der Waals surface area contributed by atoms with Gasteiger partial charge in [0.15, 0.2) is 0 Å². The maximum atomic E-state index is 13.1. The molecule has 0 radical (unpaired) electrons. The van der Waals surface area contributed by atoms with Gasteiger partial charge in [-0.3, -0.25) is 9.78 Å². The summed E-state index contributed by atoms with van der Waals surface area (Å²) in [7, 11) is 0. The first kappa shape index (κ1) is 20.7. The molecule has 4 heterocycles. The van der Waals surface area contributed by atoms with Gasteiger partial charge in [0.25, 0.3) is 0 Å². The molecule has 3 saturated heterocycles. The number of anilines is 1. The predicted molar refractivity (Wildman–Crippen MR) is 120 cm³/mol. The van der Waals surface area contributed by atoms with Gasteiger partial charge in [-0.2, -0.15) is 0 Å². The van der Waals surface area contributed by atoms with Crippen LogP contribution in [0.3, 0.4) is 0 Å². The van der Waals surface area contributed by atoms with Gasteiger partial charge >= 0.3 is 0 Å². The Balaban J connectivity index is 1.49. The van der Waals surface area contributed by atoms with Crippen molar-refractivity contribution in [2.24, 2.45) is 11.3 Å². The van der Waals surface area contributed by atoms with E-state index in [-0.39, 0.29) is 11.3 Å². The number of carbonyl (C=O) groups excluding carboxylic acids is 1. The second kappa shape index (κ2) is 8.66. The highest BCUT2D eigenvalue weighted by molar-refractivity contribution is 5.77. The molecule has 2 atom stereocenters. The molecular weight excluding hydrogens is 374 g/mol. The second-order valence-electron chi connectivity index (χ2n) is 9.31. The molecular formula is C25H33N3O2. The van der Waals surface area contributed by atoms with E-state index in [0.29, 0.717) is 25.0 Å². The Morgan fingerprint density at radius 2 is 1.97 bits per heavy atom. The van der Waals surface area contributed by atoms with Crippen LogP contribution >= 0.6 is 0 Å². The number of aromatic nitrogens is 1. The molecule has 3 aliphatic heterocycles. The lowest BCUT2D eigenvalue weighted by atomic mass is 9.73. The highest BCUT2D eigenvalue weighted by atomic mass is 16.5. The molecule has 30 heavy (non-hydrogen) atoms. The lowest BCUT2D eigenvalue weighted by Gasteiger charge is -2.48. The fraction of sp³-hybridized carbons (Fsp3) is 0.520. The van der Waals surface area contributed by atoms with E-state index in [1.165, 1.54) is 5.69 Å². The Kier molecular flexibility index (Phi) is 5.98. The Bertz CT molecular complexity index is 850. The van der Waals surface area contributed by atoms with Crippen molar-refractivity contribution in [3.8, 4) is 5.75 Å². The SMILES string of the molecule is CCOc1ccc(N2C[C@H]3CN(C(=O)CCc4cccnc4)CC2C(C)(C)C3)cc1. The molecule has 5 heteroatoms. The third kappa shape index (κ3) is 4.45. The molecule has 3 fully saturated rings. The summed E-state index contributed by atoms with van der Waals surface area (Å²) in [6.45, 7) is 10.1. The van der Waals surface area contributed by atoms with E-state index in [4.69, 9.17) is 4.74 Å². The average molecular weight is 408 g/mol. The molecule has 160 valence electrons. The Morgan fingerprint density at radius 3 is 2.67 bits per heavy atom. The van der Waals surface area contributed by atoms with Gasteiger partial charge in [-0.15, -0.1) is 0 Å². The van der Waals surface area contributed by atoms with Gasteiger partial charge in [0.2, 0.25) is 5.91 Å². The first-order valence-corrected chi connectivity index (χ1v) is 11.1. The zero-order valence-electron chi connectivity index (χ0n) is 18.4. The Hall–Kier alpha value is -2.56. The van der Waals surface area contributed by atoms with E-state index in [0.717, 1.165) is 43.8 Å². The number of benzene rings is 1. The van der Waals surface area contributed by atoms with Crippen LogP contribution in [0.2, 0.25) is 0 Å². The standard InChI is InChI=1S/C25H33N3O2/c1-4-30-22-10-8-21(9-11-22)28-17-20-14-25(2,3)23(28)18-27(16-20)24(29)12-7-19-6-5-13-26-15-19/h5-6,8-11,13,15,20,23H,4,7,12,14,16-18H2,1-3H3/t20-,23?/m1/s1. The minimum absolute atomic E-state index is 0.167. The first-order chi connectivity index (χ1) is 14.5. The number of hydrogen-bond acceptors (Lipinski definition) is 4. The van der Waals surface area contributed by atoms with Crippen LogP contribution in [0.4, 0.5) is 5.69 Å². The van der Waals surface area contributed by atoms with E-state index in [1.54, 1.807) is 6.20 Å². The molecule has 1 aromatic carbocycles. The van der Waals surface area contributed by atoms with Crippen molar-refractivity contribution in [2.75, 3.05) is 31.1 Å². The van der Waals surface area contributed by atoms with E-state index >= 15 is 0 Å². The van der Waals surface area contributed by atoms with Gasteiger partial charge in [-0.05, 0) is 67.0 Å². The van der Waals surface area contributed by atoms with Crippen LogP contribution in [0.25, 0.3) is 0 Å². The van der Waals surface area contributed by atoms with Gasteiger partial charge in [0.1, 0.15) is 5.75 Å². The van der Waals surface area contributed by atoms with Crippen LogP contribution in [0.5, 0.6) is 5.75 Å². The smallest absolute Gasteiger partial charge is 0.222 e. The van der Waals surface area contributed by atoms with Crippen LogP contribution in [0.1, 0.15) is 39.2 Å². The maximum Gasteiger partial charge on any atom is 0.222 e. The summed E-state index contributed by atoms with van der Waals surface area (Å²) < 4.78 is 5.61. The fourth-order valence-electron chi connectivity index (χ4n) is 5.18. The average Bonchev–Trinajstić information content (AvgIpc) is 3.01. The zero-order valence-corrected chi connectivity index (χ0v) is 18.4. The van der Waals surface area contributed by atoms with Crippen molar-refractivity contribution in [2.45, 2.75) is 46.1 Å². The summed E-state index contributed by atoms with van der Waals surface area (Å²) in [6, 6.07) is 12.7. The summed E-state index contributed by atoms with van der Waals surface area (Å²) in [5.74, 6) is 1.67. The van der Waals surface area contributed by atoms with Gasteiger partial charge < -0.3 is 14.5 Å². The number of fused-ring (bicyclic) bond motifs is 4. The molecule has 2 aromatic rings. The summed E-state index contributed by atoms with van der Waals surface area (Å²) in [5, 5.41) is 0. The number of amides is 1. The van der Waals surface area contributed by atoms with Crippen molar-refractivity contribution in [3.05, 3.63) is 54.4 Å². The van der Waals surface area contributed by atoms with Gasteiger partial charge in [-0.25, -0.2) is 0 Å². The molecule has 0 spiro atoms. The molecule has 2 bridgehead atoms. The number of hydrogen-bond donors (Lipinski definition) is 0. The van der Waals surface area contributed by atoms with Crippen LogP contribution in [-0.2, 0) is 11.2 Å². The highest BCUT2D eigenvalue weighted by Crippen LogP contribution is 2.43. The minimum atomic E-state index is 0.167. The van der Waals surface area contributed by atoms with Crippen molar-refractivity contribution in [1.29, 1.82) is 0 Å². The van der Waals surface area contributed by atoms with Gasteiger partial charge in [0, 0.05) is 44.1 Å². The molecule has 5 nitrogen and oxygen atoms in total. The quantitative estimate of drug-likeness (QED) is 0.721. The molecule has 1 aromatic heterocycles. The summed E-state index contributed by atoms with van der Waals surface area (Å²) in [4.78, 5) is 21.9. The topological polar surface area (TPSA) is 45.7 Å². The third-order valence-corrected chi connectivity index (χ3v) is 6.60. The molecule has 3 aliphatic rings. The summed E-state index contributed by atoms with van der Waals surface area (Å²) in [5.41, 5.74) is 2.52. The molecule has 5 rings (SSSR count). The van der Waals surface area contributed by atoms with Crippen LogP contribution < -0.4 is 9.64 Å². The summed E-state index contributed by atoms with van der Waals surface area (Å²) in [6.07, 6.45) is 6.10. The Morgan fingerprint density at radius 1 is 1.17 bits per heavy atom. The van der Waals surface area contributed by atoms with Crippen LogP contribution in [0, 0.1) is 11.3 Å². The van der Waals surface area contributed by atoms with Crippen molar-refractivity contribution < 1.29 is 9.53 Å². The highest BCUT2D eigenvalue weighted by Gasteiger charge is 2.46. The van der Waals surface area contributed by atoms with Gasteiger partial charge in [0.05, 0.1) is 12.6 Å². The molecule has 0 saturated carbocycles. The van der Waals surface area contributed by atoms with E-state index < -0.39 is 0 Å². The number of nitrogens with zero attached hydrogens (tertiary/aromatic N) is 3. The lowest BCUT2D eigenvalue weighted by Crippen LogP contribution is -2.54. The first-order valence-electron chi connectivity index (χ1n) is 11.1. The number of carbonyl (C=O) groups is 1. The maximum absolute atomic E-state index is 13.1. The van der Waals surface area contributed by atoms with E-state index in [2.05, 4.69) is 52.9 Å². The van der Waals surface area contributed by atoms with E-state index in [1.807, 2.05) is 25.3 Å². The summed E-state index contributed by atoms with van der Waals surface area (Å²) >= 11 is 0. The number of pyridine rings is 1. The van der Waals surface area contributed by atoms with Crippen molar-refractivity contribution >= 4 is 11.6 Å². The van der Waals surface area contributed by atoms with Crippen molar-refractivity contribution in [1.82, 2.24) is 9.88 Å². The number of aryl methyl sites for hydroxylation is 1. The molecule has 0 N–H and O–H groups in total. The molecule has 0 aliphatic carbocycles. The van der Waals surface area contributed by atoms with E-state index in [9.17, 15) is 4.79 Å². The largest absolute Gasteiger partial charge is 0.494 e. The minimum Gasteiger partial charge on any atom is -0.494 e. The number of ether oxygens (including phenoxy) is 1. The molecule has 1 unspecified atom stereocenters.